The summed E-state index contributed by atoms with van der Waals surface area (Å²) in [5.41, 5.74) is 1.59. The van der Waals surface area contributed by atoms with Crippen LogP contribution in [-0.2, 0) is 6.54 Å². The molecule has 1 fully saturated rings. The second-order valence-corrected chi connectivity index (χ2v) is 7.19. The lowest BCUT2D eigenvalue weighted by atomic mass is 9.89. The molecular formula is C21H20FN5O. The molecule has 6 nitrogen and oxygen atoms in total. The van der Waals surface area contributed by atoms with Crippen LogP contribution in [0.3, 0.4) is 0 Å². The highest BCUT2D eigenvalue weighted by Gasteiger charge is 2.22. The van der Waals surface area contributed by atoms with Crippen molar-refractivity contribution < 1.29 is 9.18 Å². The van der Waals surface area contributed by atoms with Gasteiger partial charge in [0.2, 0.25) is 0 Å². The number of hydrogen-bond donors (Lipinski definition) is 1. The minimum atomic E-state index is -0.380. The van der Waals surface area contributed by atoms with E-state index < -0.39 is 0 Å². The first kappa shape index (κ1) is 18.1. The van der Waals surface area contributed by atoms with Crippen LogP contribution < -0.4 is 5.32 Å². The van der Waals surface area contributed by atoms with Gasteiger partial charge in [0, 0.05) is 29.9 Å². The smallest absolute Gasteiger partial charge is 0.274 e. The maximum Gasteiger partial charge on any atom is 0.274 e. The molecule has 1 amide bonds. The SMILES string of the molecule is N#Cc1cc(NC(=O)c2c3ccc(F)cc3nn2CC2CCCCC2)ccn1. The number of carbonyl (C=O) groups is 1. The molecule has 0 bridgehead atoms. The average molecular weight is 377 g/mol. The molecule has 1 aliphatic rings. The van der Waals surface area contributed by atoms with Crippen LogP contribution in [0.15, 0.2) is 36.5 Å². The number of nitrogens with zero attached hydrogens (tertiary/aromatic N) is 4. The highest BCUT2D eigenvalue weighted by atomic mass is 19.1. The molecule has 7 heteroatoms. The summed E-state index contributed by atoms with van der Waals surface area (Å²) in [5.74, 6) is -0.250. The van der Waals surface area contributed by atoms with Crippen LogP contribution >= 0.6 is 0 Å². The maximum atomic E-state index is 13.7. The summed E-state index contributed by atoms with van der Waals surface area (Å²) in [6.07, 6.45) is 7.33. The van der Waals surface area contributed by atoms with Gasteiger partial charge in [-0.1, -0.05) is 19.3 Å². The van der Waals surface area contributed by atoms with Gasteiger partial charge in [-0.25, -0.2) is 9.37 Å². The first-order valence-corrected chi connectivity index (χ1v) is 9.47. The number of aromatic nitrogens is 3. The largest absolute Gasteiger partial charge is 0.320 e. The molecule has 2 heterocycles. The fourth-order valence-corrected chi connectivity index (χ4v) is 3.85. The van der Waals surface area contributed by atoms with Crippen LogP contribution in [0.4, 0.5) is 10.1 Å². The number of carbonyl (C=O) groups excluding carboxylic acids is 1. The van der Waals surface area contributed by atoms with Crippen LogP contribution in [0.25, 0.3) is 10.9 Å². The van der Waals surface area contributed by atoms with E-state index in [1.807, 2.05) is 6.07 Å². The quantitative estimate of drug-likeness (QED) is 0.736. The Morgan fingerprint density at radius 3 is 2.86 bits per heavy atom. The van der Waals surface area contributed by atoms with Crippen molar-refractivity contribution in [3.05, 3.63) is 53.7 Å². The van der Waals surface area contributed by atoms with Crippen LogP contribution in [0.1, 0.15) is 48.3 Å². The lowest BCUT2D eigenvalue weighted by molar-refractivity contribution is 0.101. The maximum absolute atomic E-state index is 13.7. The van der Waals surface area contributed by atoms with Gasteiger partial charge in [0.1, 0.15) is 23.3 Å². The van der Waals surface area contributed by atoms with Crippen molar-refractivity contribution >= 4 is 22.5 Å². The molecular weight excluding hydrogens is 357 g/mol. The van der Waals surface area contributed by atoms with Gasteiger partial charge in [-0.2, -0.15) is 10.4 Å². The third kappa shape index (κ3) is 3.72. The molecule has 0 aliphatic heterocycles. The third-order valence-corrected chi connectivity index (χ3v) is 5.20. The summed E-state index contributed by atoms with van der Waals surface area (Å²) in [6.45, 7) is 0.638. The van der Waals surface area contributed by atoms with E-state index in [0.29, 0.717) is 34.7 Å². The van der Waals surface area contributed by atoms with Gasteiger partial charge in [-0.15, -0.1) is 0 Å². The van der Waals surface area contributed by atoms with Crippen LogP contribution in [0.2, 0.25) is 0 Å². The Morgan fingerprint density at radius 1 is 1.25 bits per heavy atom. The van der Waals surface area contributed by atoms with Crippen molar-refractivity contribution in [1.82, 2.24) is 14.8 Å². The van der Waals surface area contributed by atoms with E-state index in [0.717, 1.165) is 12.8 Å². The lowest BCUT2D eigenvalue weighted by Gasteiger charge is -2.22. The number of fused-ring (bicyclic) bond motifs is 1. The Kier molecular flexibility index (Phi) is 5.02. The summed E-state index contributed by atoms with van der Waals surface area (Å²) < 4.78 is 15.4. The second-order valence-electron chi connectivity index (χ2n) is 7.19. The van der Waals surface area contributed by atoms with E-state index in [1.54, 1.807) is 16.8 Å². The Labute approximate surface area is 162 Å². The fraction of sp³-hybridized carbons (Fsp3) is 0.333. The molecule has 0 radical (unpaired) electrons. The first-order valence-electron chi connectivity index (χ1n) is 9.47. The Morgan fingerprint density at radius 2 is 2.07 bits per heavy atom. The lowest BCUT2D eigenvalue weighted by Crippen LogP contribution is -2.22. The van der Waals surface area contributed by atoms with E-state index in [9.17, 15) is 9.18 Å². The zero-order chi connectivity index (χ0) is 19.5. The topological polar surface area (TPSA) is 83.6 Å². The molecule has 0 unspecified atom stereocenters. The molecule has 2 aromatic heterocycles. The van der Waals surface area contributed by atoms with Crippen molar-refractivity contribution in [1.29, 1.82) is 5.26 Å². The van der Waals surface area contributed by atoms with Crippen molar-refractivity contribution in [2.45, 2.75) is 38.6 Å². The number of anilines is 1. The standard InChI is InChI=1S/C21H20FN5O/c22-15-6-7-18-19(10-15)26-27(13-14-4-2-1-3-5-14)20(18)21(28)25-16-8-9-24-17(11-16)12-23/h6-11,14H,1-5,13H2,(H,24,25,28). The summed E-state index contributed by atoms with van der Waals surface area (Å²) in [7, 11) is 0. The molecule has 1 saturated carbocycles. The Hall–Kier alpha value is -3.27. The zero-order valence-corrected chi connectivity index (χ0v) is 15.4. The van der Waals surface area contributed by atoms with Crippen LogP contribution in [0.5, 0.6) is 0 Å². The van der Waals surface area contributed by atoms with Crippen molar-refractivity contribution in [3.8, 4) is 6.07 Å². The molecule has 142 valence electrons. The van der Waals surface area contributed by atoms with Gasteiger partial charge in [0.25, 0.3) is 5.91 Å². The van der Waals surface area contributed by atoms with Crippen molar-refractivity contribution in [2.75, 3.05) is 5.32 Å². The van der Waals surface area contributed by atoms with E-state index in [4.69, 9.17) is 5.26 Å². The molecule has 1 aromatic carbocycles. The molecule has 0 saturated heterocycles. The first-order chi connectivity index (χ1) is 13.6. The minimum absolute atomic E-state index is 0.223. The molecule has 0 spiro atoms. The number of benzene rings is 1. The number of halogens is 1. The van der Waals surface area contributed by atoms with E-state index in [1.165, 1.54) is 43.7 Å². The predicted molar refractivity (Wildman–Crippen MR) is 103 cm³/mol. The Bertz CT molecular complexity index is 1060. The van der Waals surface area contributed by atoms with E-state index >= 15 is 0 Å². The summed E-state index contributed by atoms with van der Waals surface area (Å²) in [4.78, 5) is 17.0. The number of pyridine rings is 1. The number of nitrogens with one attached hydrogen (secondary N) is 1. The average Bonchev–Trinajstić information content (AvgIpc) is 3.05. The van der Waals surface area contributed by atoms with Gasteiger partial charge in [-0.3, -0.25) is 9.48 Å². The number of hydrogen-bond acceptors (Lipinski definition) is 4. The van der Waals surface area contributed by atoms with Crippen LogP contribution in [0, 0.1) is 23.1 Å². The highest BCUT2D eigenvalue weighted by molar-refractivity contribution is 6.11. The zero-order valence-electron chi connectivity index (χ0n) is 15.4. The molecule has 1 N–H and O–H groups in total. The summed E-state index contributed by atoms with van der Waals surface area (Å²) >= 11 is 0. The number of nitriles is 1. The van der Waals surface area contributed by atoms with Crippen molar-refractivity contribution in [2.24, 2.45) is 5.92 Å². The number of amides is 1. The van der Waals surface area contributed by atoms with E-state index in [2.05, 4.69) is 15.4 Å². The normalized spacial score (nSPS) is 14.7. The minimum Gasteiger partial charge on any atom is -0.320 e. The van der Waals surface area contributed by atoms with Crippen molar-refractivity contribution in [3.63, 3.8) is 0 Å². The number of rotatable bonds is 4. The molecule has 3 aromatic rings. The summed E-state index contributed by atoms with van der Waals surface area (Å²) in [5, 5.41) is 16.9. The van der Waals surface area contributed by atoms with Gasteiger partial charge < -0.3 is 5.32 Å². The molecule has 0 atom stereocenters. The molecule has 4 rings (SSSR count). The molecule has 28 heavy (non-hydrogen) atoms. The third-order valence-electron chi connectivity index (χ3n) is 5.20. The Balaban J connectivity index is 1.69. The summed E-state index contributed by atoms with van der Waals surface area (Å²) in [6, 6.07) is 9.38. The van der Waals surface area contributed by atoms with Gasteiger partial charge >= 0.3 is 0 Å². The van der Waals surface area contributed by atoms with Gasteiger partial charge in [0.05, 0.1) is 5.52 Å². The van der Waals surface area contributed by atoms with Gasteiger partial charge in [-0.05, 0) is 43.0 Å². The second kappa shape index (κ2) is 7.77. The fourth-order valence-electron chi connectivity index (χ4n) is 3.85. The van der Waals surface area contributed by atoms with Crippen LogP contribution in [-0.4, -0.2) is 20.7 Å². The monoisotopic (exact) mass is 377 g/mol. The molecule has 1 aliphatic carbocycles. The van der Waals surface area contributed by atoms with E-state index in [-0.39, 0.29) is 17.4 Å². The highest BCUT2D eigenvalue weighted by Crippen LogP contribution is 2.28. The predicted octanol–water partition coefficient (Wildman–Crippen LogP) is 4.27. The van der Waals surface area contributed by atoms with Gasteiger partial charge in [0.15, 0.2) is 0 Å².